The van der Waals surface area contributed by atoms with Crippen LogP contribution in [0.1, 0.15) is 32.4 Å². The number of fused-ring (bicyclic) bond motifs is 1. The van der Waals surface area contributed by atoms with Crippen molar-refractivity contribution in [1.29, 1.82) is 0 Å². The molecule has 0 radical (unpaired) electrons. The molecule has 0 aromatic heterocycles. The molecule has 2 atom stereocenters. The van der Waals surface area contributed by atoms with E-state index >= 15 is 0 Å². The summed E-state index contributed by atoms with van der Waals surface area (Å²) in [7, 11) is 0. The molecule has 0 amide bonds. The average molecular weight is 441 g/mol. The normalized spacial score (nSPS) is 13.9. The summed E-state index contributed by atoms with van der Waals surface area (Å²) in [6.45, 7) is 5.56. The van der Waals surface area contributed by atoms with E-state index in [-0.39, 0.29) is 20.9 Å². The van der Waals surface area contributed by atoms with E-state index in [1.54, 1.807) is 0 Å². The molecule has 28 heavy (non-hydrogen) atoms. The minimum atomic E-state index is -0.898. The molecule has 146 valence electrons. The molecule has 0 spiro atoms. The van der Waals surface area contributed by atoms with Gasteiger partial charge in [-0.3, -0.25) is 0 Å². The Hall–Kier alpha value is -2.13. The Morgan fingerprint density at radius 2 is 1.61 bits per heavy atom. The van der Waals surface area contributed by atoms with Crippen LogP contribution >= 0.6 is 0 Å². The molecule has 0 saturated heterocycles. The Morgan fingerprint density at radius 3 is 2.29 bits per heavy atom. The molecule has 3 nitrogen and oxygen atoms in total. The van der Waals surface area contributed by atoms with Crippen molar-refractivity contribution in [2.75, 3.05) is 0 Å². The van der Waals surface area contributed by atoms with Crippen LogP contribution < -0.4 is 4.46 Å². The fraction of sp³-hybridized carbons (Fsp3) is 0.292. The van der Waals surface area contributed by atoms with E-state index in [2.05, 4.69) is 12.1 Å². The first-order chi connectivity index (χ1) is 13.3. The van der Waals surface area contributed by atoms with Gasteiger partial charge in [-0.25, -0.2) is 0 Å². The number of esters is 1. The van der Waals surface area contributed by atoms with Crippen LogP contribution in [-0.2, 0) is 9.53 Å². The third-order valence-electron chi connectivity index (χ3n) is 4.38. The van der Waals surface area contributed by atoms with Crippen LogP contribution in [0.15, 0.2) is 72.8 Å². The van der Waals surface area contributed by atoms with Gasteiger partial charge in [-0.05, 0) is 0 Å². The second-order valence-electron chi connectivity index (χ2n) is 7.82. The molecule has 3 rings (SSSR count). The zero-order chi connectivity index (χ0) is 20.1. The molecule has 0 bridgehead atoms. The predicted octanol–water partition coefficient (Wildman–Crippen LogP) is 4.28. The first kappa shape index (κ1) is 20.6. The fourth-order valence-corrected chi connectivity index (χ4v) is 5.17. The van der Waals surface area contributed by atoms with Crippen molar-refractivity contribution in [2.24, 2.45) is 5.92 Å². The van der Waals surface area contributed by atoms with Gasteiger partial charge in [-0.2, -0.15) is 0 Å². The average Bonchev–Trinajstić information content (AvgIpc) is 2.67. The van der Waals surface area contributed by atoms with Crippen LogP contribution in [0.25, 0.3) is 10.8 Å². The third kappa shape index (κ3) is 5.45. The van der Waals surface area contributed by atoms with Gasteiger partial charge in [0.25, 0.3) is 0 Å². The van der Waals surface area contributed by atoms with Crippen molar-refractivity contribution in [3.05, 3.63) is 78.4 Å². The maximum atomic E-state index is 12.9. The molecule has 3 aromatic rings. The van der Waals surface area contributed by atoms with Crippen molar-refractivity contribution in [2.45, 2.75) is 37.8 Å². The summed E-state index contributed by atoms with van der Waals surface area (Å²) in [6, 6.07) is 24.0. The van der Waals surface area contributed by atoms with Crippen LogP contribution in [0, 0.1) is 5.92 Å². The number of rotatable bonds is 6. The molecule has 1 N–H and O–H groups in total. The third-order valence-corrected chi connectivity index (χ3v) is 6.75. The van der Waals surface area contributed by atoms with Crippen molar-refractivity contribution >= 4 is 36.2 Å². The molecule has 0 aliphatic carbocycles. The predicted molar refractivity (Wildman–Crippen MR) is 115 cm³/mol. The van der Waals surface area contributed by atoms with Crippen molar-refractivity contribution < 1.29 is 14.6 Å². The quantitative estimate of drug-likeness (QED) is 0.459. The first-order valence-corrected chi connectivity index (χ1v) is 11.5. The molecular weight excluding hydrogens is 415 g/mol. The van der Waals surface area contributed by atoms with Gasteiger partial charge in [-0.15, -0.1) is 0 Å². The van der Waals surface area contributed by atoms with Crippen LogP contribution in [0.2, 0.25) is 5.32 Å². The molecule has 0 heterocycles. The van der Waals surface area contributed by atoms with Gasteiger partial charge in [0.15, 0.2) is 0 Å². The zero-order valence-electron chi connectivity index (χ0n) is 16.5. The molecule has 0 aliphatic heterocycles. The Labute approximate surface area is 172 Å². The summed E-state index contributed by atoms with van der Waals surface area (Å²) in [5.74, 6) is -0.938. The molecule has 3 aromatic carbocycles. The van der Waals surface area contributed by atoms with Gasteiger partial charge in [0.1, 0.15) is 0 Å². The number of benzene rings is 3. The number of ether oxygens (including phenoxy) is 1. The van der Waals surface area contributed by atoms with Crippen molar-refractivity contribution in [3.63, 3.8) is 0 Å². The number of carbonyl (C=O) groups is 1. The SMILES string of the molecule is CC(C)(C)OC(=O)[C@@H](C[Se]c1ccccc1)[C@H](O)c1ccc2ccccc2c1. The topological polar surface area (TPSA) is 46.5 Å². The Morgan fingerprint density at radius 1 is 0.964 bits per heavy atom. The number of hydrogen-bond donors (Lipinski definition) is 1. The number of aliphatic hydroxyl groups is 1. The summed E-state index contributed by atoms with van der Waals surface area (Å²) < 4.78 is 6.83. The summed E-state index contributed by atoms with van der Waals surface area (Å²) in [5.41, 5.74) is 0.163. The standard InChI is InChI=1S/C24H26O3Se/c1-24(2,3)27-23(26)21(16-28-20-11-5-4-6-12-20)22(25)19-14-13-17-9-7-8-10-18(17)15-19/h4-15,21-22,25H,16H2,1-3H3/t21-,22+/m0/s1. The van der Waals surface area contributed by atoms with E-state index in [0.29, 0.717) is 5.32 Å². The monoisotopic (exact) mass is 442 g/mol. The molecule has 0 aliphatic rings. The molecular formula is C24H26O3Se. The summed E-state index contributed by atoms with van der Waals surface area (Å²) in [5, 5.41) is 13.8. The molecule has 0 unspecified atom stereocenters. The fourth-order valence-electron chi connectivity index (χ4n) is 2.99. The zero-order valence-corrected chi connectivity index (χ0v) is 18.2. The summed E-state index contributed by atoms with van der Waals surface area (Å²) in [6.07, 6.45) is -0.898. The van der Waals surface area contributed by atoms with E-state index in [0.717, 1.165) is 16.3 Å². The summed E-state index contributed by atoms with van der Waals surface area (Å²) in [4.78, 5) is 12.9. The van der Waals surface area contributed by atoms with E-state index < -0.39 is 17.6 Å². The van der Waals surface area contributed by atoms with Gasteiger partial charge < -0.3 is 0 Å². The van der Waals surface area contributed by atoms with E-state index in [9.17, 15) is 9.90 Å². The van der Waals surface area contributed by atoms with Crippen LogP contribution in [-0.4, -0.2) is 31.6 Å². The van der Waals surface area contributed by atoms with Crippen LogP contribution in [0.3, 0.4) is 0 Å². The first-order valence-electron chi connectivity index (χ1n) is 9.41. The Bertz CT molecular complexity index is 931. The Kier molecular flexibility index (Phi) is 6.56. The van der Waals surface area contributed by atoms with Crippen molar-refractivity contribution in [3.8, 4) is 0 Å². The van der Waals surface area contributed by atoms with E-state index in [1.165, 1.54) is 4.46 Å². The van der Waals surface area contributed by atoms with Crippen LogP contribution in [0.5, 0.6) is 0 Å². The molecule has 4 heteroatoms. The van der Waals surface area contributed by atoms with Crippen LogP contribution in [0.4, 0.5) is 0 Å². The number of aliphatic hydroxyl groups excluding tert-OH is 1. The Balaban J connectivity index is 1.85. The number of hydrogen-bond acceptors (Lipinski definition) is 3. The van der Waals surface area contributed by atoms with E-state index in [1.807, 2.05) is 81.4 Å². The maximum absolute atomic E-state index is 12.9. The van der Waals surface area contributed by atoms with Crippen molar-refractivity contribution in [1.82, 2.24) is 0 Å². The van der Waals surface area contributed by atoms with Gasteiger partial charge in [0.2, 0.25) is 0 Å². The second kappa shape index (κ2) is 8.91. The molecule has 0 saturated carbocycles. The van der Waals surface area contributed by atoms with Gasteiger partial charge in [0, 0.05) is 0 Å². The second-order valence-corrected chi connectivity index (χ2v) is 10.1. The van der Waals surface area contributed by atoms with Gasteiger partial charge in [-0.1, -0.05) is 0 Å². The van der Waals surface area contributed by atoms with Gasteiger partial charge >= 0.3 is 173 Å². The minimum absolute atomic E-state index is 0.0701. The molecule has 0 fully saturated rings. The van der Waals surface area contributed by atoms with Gasteiger partial charge in [0.05, 0.1) is 0 Å². The number of carbonyl (C=O) groups excluding carboxylic acids is 1. The van der Waals surface area contributed by atoms with E-state index in [4.69, 9.17) is 4.74 Å². The summed E-state index contributed by atoms with van der Waals surface area (Å²) >= 11 is 0.0701.